The van der Waals surface area contributed by atoms with Gasteiger partial charge >= 0.3 is 0 Å². The molecule has 1 aliphatic carbocycles. The Kier molecular flexibility index (Phi) is 2.77. The third-order valence-electron chi connectivity index (χ3n) is 2.54. The van der Waals surface area contributed by atoms with Crippen LogP contribution in [0.15, 0.2) is 21.1 Å². The van der Waals surface area contributed by atoms with Crippen molar-refractivity contribution in [3.05, 3.63) is 32.2 Å². The second-order valence-corrected chi connectivity index (χ2v) is 5.22. The molecule has 2 rings (SSSR count). The van der Waals surface area contributed by atoms with Crippen molar-refractivity contribution in [2.75, 3.05) is 0 Å². The Bertz CT molecular complexity index is 336. The van der Waals surface area contributed by atoms with Gasteiger partial charge in [-0.25, -0.2) is 0 Å². The van der Waals surface area contributed by atoms with Crippen LogP contribution < -0.4 is 5.73 Å². The predicted octanol–water partition coefficient (Wildman–Crippen LogP) is 3.55. The molecular weight excluding hydrogens is 294 g/mol. The first-order valence-corrected chi connectivity index (χ1v) is 6.00. The number of fused-ring (bicyclic) bond motifs is 1. The number of benzene rings is 1. The standard InChI is InChI=1S/C10H11Br2N/c11-6-4-8-7(9(12)5-6)2-1-3-10(8)13/h4-5,10H,1-3,13H2. The van der Waals surface area contributed by atoms with Crippen molar-refractivity contribution in [2.45, 2.75) is 25.3 Å². The van der Waals surface area contributed by atoms with E-state index in [-0.39, 0.29) is 6.04 Å². The van der Waals surface area contributed by atoms with Crippen LogP contribution in [0.2, 0.25) is 0 Å². The Morgan fingerprint density at radius 1 is 1.31 bits per heavy atom. The van der Waals surface area contributed by atoms with Crippen molar-refractivity contribution in [1.29, 1.82) is 0 Å². The molecule has 0 spiro atoms. The summed E-state index contributed by atoms with van der Waals surface area (Å²) < 4.78 is 2.29. The van der Waals surface area contributed by atoms with Crippen molar-refractivity contribution in [3.63, 3.8) is 0 Å². The van der Waals surface area contributed by atoms with Crippen molar-refractivity contribution >= 4 is 31.9 Å². The lowest BCUT2D eigenvalue weighted by atomic mass is 9.88. The molecule has 3 heteroatoms. The van der Waals surface area contributed by atoms with Crippen molar-refractivity contribution < 1.29 is 0 Å². The van der Waals surface area contributed by atoms with Gasteiger partial charge in [0.05, 0.1) is 0 Å². The van der Waals surface area contributed by atoms with Crippen LogP contribution in [0.1, 0.15) is 30.0 Å². The fourth-order valence-electron chi connectivity index (χ4n) is 1.87. The van der Waals surface area contributed by atoms with Crippen LogP contribution in [0.5, 0.6) is 0 Å². The molecule has 1 nitrogen and oxygen atoms in total. The van der Waals surface area contributed by atoms with Crippen LogP contribution in [0.4, 0.5) is 0 Å². The quantitative estimate of drug-likeness (QED) is 0.779. The maximum absolute atomic E-state index is 6.04. The highest BCUT2D eigenvalue weighted by Gasteiger charge is 2.19. The highest BCUT2D eigenvalue weighted by Crippen LogP contribution is 2.35. The molecule has 0 amide bonds. The minimum atomic E-state index is 0.220. The third kappa shape index (κ3) is 1.83. The molecule has 70 valence electrons. The summed E-state index contributed by atoms with van der Waals surface area (Å²) in [7, 11) is 0. The molecule has 1 aliphatic rings. The lowest BCUT2D eigenvalue weighted by Crippen LogP contribution is -2.17. The van der Waals surface area contributed by atoms with Gasteiger partial charge in [-0.3, -0.25) is 0 Å². The molecule has 0 saturated carbocycles. The number of hydrogen-bond donors (Lipinski definition) is 1. The van der Waals surface area contributed by atoms with Gasteiger partial charge in [0.2, 0.25) is 0 Å². The summed E-state index contributed by atoms with van der Waals surface area (Å²) >= 11 is 7.06. The summed E-state index contributed by atoms with van der Waals surface area (Å²) in [5.41, 5.74) is 8.73. The number of nitrogens with two attached hydrogens (primary N) is 1. The molecule has 0 aliphatic heterocycles. The molecule has 1 aromatic rings. The summed E-state index contributed by atoms with van der Waals surface area (Å²) in [6.07, 6.45) is 3.46. The van der Waals surface area contributed by atoms with Gasteiger partial charge in [0, 0.05) is 15.0 Å². The van der Waals surface area contributed by atoms with Crippen molar-refractivity contribution in [3.8, 4) is 0 Å². The monoisotopic (exact) mass is 303 g/mol. The molecular formula is C10H11Br2N. The van der Waals surface area contributed by atoms with E-state index in [0.717, 1.165) is 17.3 Å². The normalized spacial score (nSPS) is 21.3. The second kappa shape index (κ2) is 3.71. The Morgan fingerprint density at radius 2 is 2.08 bits per heavy atom. The minimum Gasteiger partial charge on any atom is -0.324 e. The van der Waals surface area contributed by atoms with Gasteiger partial charge in [-0.1, -0.05) is 31.9 Å². The summed E-state index contributed by atoms with van der Waals surface area (Å²) in [4.78, 5) is 0. The van der Waals surface area contributed by atoms with Gasteiger partial charge in [-0.15, -0.1) is 0 Å². The molecule has 1 atom stereocenters. The summed E-state index contributed by atoms with van der Waals surface area (Å²) in [6.45, 7) is 0. The molecule has 0 fully saturated rings. The van der Waals surface area contributed by atoms with Crippen LogP contribution >= 0.6 is 31.9 Å². The fraction of sp³-hybridized carbons (Fsp3) is 0.400. The largest absolute Gasteiger partial charge is 0.324 e. The molecule has 0 bridgehead atoms. The molecule has 0 aromatic heterocycles. The van der Waals surface area contributed by atoms with E-state index in [0.29, 0.717) is 0 Å². The number of rotatable bonds is 0. The summed E-state index contributed by atoms with van der Waals surface area (Å²) in [6, 6.07) is 4.46. The minimum absolute atomic E-state index is 0.220. The Labute approximate surface area is 95.0 Å². The second-order valence-electron chi connectivity index (χ2n) is 3.45. The van der Waals surface area contributed by atoms with Gasteiger partial charge in [0.15, 0.2) is 0 Å². The van der Waals surface area contributed by atoms with Gasteiger partial charge in [0.25, 0.3) is 0 Å². The maximum Gasteiger partial charge on any atom is 0.0298 e. The van der Waals surface area contributed by atoms with Crippen molar-refractivity contribution in [2.24, 2.45) is 5.73 Å². The average molecular weight is 305 g/mol. The van der Waals surface area contributed by atoms with E-state index >= 15 is 0 Å². The predicted molar refractivity (Wildman–Crippen MR) is 61.7 cm³/mol. The zero-order valence-electron chi connectivity index (χ0n) is 7.19. The van der Waals surface area contributed by atoms with Gasteiger partial charge in [-0.05, 0) is 42.5 Å². The zero-order valence-corrected chi connectivity index (χ0v) is 10.4. The molecule has 0 heterocycles. The lowest BCUT2D eigenvalue weighted by Gasteiger charge is -2.23. The first kappa shape index (κ1) is 9.69. The van der Waals surface area contributed by atoms with Crippen LogP contribution in [-0.4, -0.2) is 0 Å². The van der Waals surface area contributed by atoms with E-state index in [1.807, 2.05) is 0 Å². The number of halogens is 2. The fourth-order valence-corrected chi connectivity index (χ4v) is 3.33. The lowest BCUT2D eigenvalue weighted by molar-refractivity contribution is 0.568. The van der Waals surface area contributed by atoms with E-state index in [4.69, 9.17) is 5.73 Å². The van der Waals surface area contributed by atoms with E-state index in [2.05, 4.69) is 44.0 Å². The Morgan fingerprint density at radius 3 is 2.85 bits per heavy atom. The van der Waals surface area contributed by atoms with Gasteiger partial charge in [-0.2, -0.15) is 0 Å². The van der Waals surface area contributed by atoms with Crippen LogP contribution in [0.25, 0.3) is 0 Å². The van der Waals surface area contributed by atoms with E-state index in [9.17, 15) is 0 Å². The number of hydrogen-bond acceptors (Lipinski definition) is 1. The molecule has 0 radical (unpaired) electrons. The zero-order chi connectivity index (χ0) is 9.42. The molecule has 0 saturated heterocycles. The third-order valence-corrected chi connectivity index (χ3v) is 3.70. The highest BCUT2D eigenvalue weighted by molar-refractivity contribution is 9.11. The molecule has 1 aromatic carbocycles. The Hall–Kier alpha value is 0.140. The van der Waals surface area contributed by atoms with Crippen molar-refractivity contribution in [1.82, 2.24) is 0 Å². The highest BCUT2D eigenvalue weighted by atomic mass is 79.9. The first-order valence-electron chi connectivity index (χ1n) is 4.42. The summed E-state index contributed by atoms with van der Waals surface area (Å²) in [5, 5.41) is 0. The average Bonchev–Trinajstić information content (AvgIpc) is 2.07. The van der Waals surface area contributed by atoms with Gasteiger partial charge < -0.3 is 5.73 Å². The molecule has 1 unspecified atom stereocenters. The first-order chi connectivity index (χ1) is 6.18. The van der Waals surface area contributed by atoms with Crippen LogP contribution in [0, 0.1) is 0 Å². The van der Waals surface area contributed by atoms with Crippen LogP contribution in [-0.2, 0) is 6.42 Å². The SMILES string of the molecule is NC1CCCc2c(Br)cc(Br)cc21. The van der Waals surface area contributed by atoms with E-state index < -0.39 is 0 Å². The molecule has 13 heavy (non-hydrogen) atoms. The molecule has 2 N–H and O–H groups in total. The maximum atomic E-state index is 6.04. The smallest absolute Gasteiger partial charge is 0.0298 e. The Balaban J connectivity index is 2.56. The van der Waals surface area contributed by atoms with Gasteiger partial charge in [0.1, 0.15) is 0 Å². The van der Waals surface area contributed by atoms with E-state index in [1.165, 1.54) is 22.0 Å². The topological polar surface area (TPSA) is 26.0 Å². The summed E-state index contributed by atoms with van der Waals surface area (Å²) in [5.74, 6) is 0. The van der Waals surface area contributed by atoms with Crippen LogP contribution in [0.3, 0.4) is 0 Å². The van der Waals surface area contributed by atoms with E-state index in [1.54, 1.807) is 0 Å².